The summed E-state index contributed by atoms with van der Waals surface area (Å²) in [6, 6.07) is 5.25. The predicted octanol–water partition coefficient (Wildman–Crippen LogP) is 3.28. The van der Waals surface area contributed by atoms with Crippen molar-refractivity contribution in [1.29, 1.82) is 0 Å². The second-order valence-electron chi connectivity index (χ2n) is 3.92. The summed E-state index contributed by atoms with van der Waals surface area (Å²) in [6.07, 6.45) is -3.01. The van der Waals surface area contributed by atoms with E-state index < -0.39 is 6.36 Å². The van der Waals surface area contributed by atoms with Gasteiger partial charge in [-0.3, -0.25) is 9.69 Å². The summed E-state index contributed by atoms with van der Waals surface area (Å²) in [5.74, 6) is -0.421. The molecule has 1 amide bonds. The van der Waals surface area contributed by atoms with Crippen LogP contribution < -0.4 is 9.64 Å². The molecule has 0 spiro atoms. The van der Waals surface area contributed by atoms with Gasteiger partial charge in [-0.25, -0.2) is 0 Å². The van der Waals surface area contributed by atoms with Crippen LogP contribution in [0.1, 0.15) is 6.92 Å². The van der Waals surface area contributed by atoms with Crippen LogP contribution in [-0.2, 0) is 9.53 Å². The molecule has 0 aliphatic heterocycles. The first-order valence-corrected chi connectivity index (χ1v) is 7.49. The maximum absolute atomic E-state index is 12.2. The van der Waals surface area contributed by atoms with Gasteiger partial charge in [0.2, 0.25) is 5.91 Å². The Morgan fingerprint density at radius 2 is 2.10 bits per heavy atom. The third kappa shape index (κ3) is 6.26. The van der Waals surface area contributed by atoms with Crippen molar-refractivity contribution in [2.75, 3.05) is 30.2 Å². The predicted molar refractivity (Wildman–Crippen MR) is 75.5 cm³/mol. The van der Waals surface area contributed by atoms with E-state index in [1.165, 1.54) is 34.9 Å². The van der Waals surface area contributed by atoms with Gasteiger partial charge in [-0.15, -0.1) is 13.2 Å². The molecule has 1 aromatic rings. The van der Waals surface area contributed by atoms with E-state index in [1.807, 2.05) is 0 Å². The molecule has 4 nitrogen and oxygen atoms in total. The minimum absolute atomic E-state index is 0.0225. The number of ether oxygens (including phenoxy) is 2. The molecule has 21 heavy (non-hydrogen) atoms. The van der Waals surface area contributed by atoms with Crippen molar-refractivity contribution in [3.8, 4) is 5.75 Å². The van der Waals surface area contributed by atoms with Crippen molar-refractivity contribution >= 4 is 23.4 Å². The maximum atomic E-state index is 12.2. The maximum Gasteiger partial charge on any atom is 0.573 e. The molecular weight excluding hydrogens is 307 g/mol. The molecule has 0 unspecified atom stereocenters. The Labute approximate surface area is 125 Å². The molecule has 0 radical (unpaired) electrons. The summed E-state index contributed by atoms with van der Waals surface area (Å²) in [5, 5.41) is 0. The Kier molecular flexibility index (Phi) is 6.83. The van der Waals surface area contributed by atoms with Crippen molar-refractivity contribution in [1.82, 2.24) is 0 Å². The number of nitrogens with zero attached hydrogens (tertiary/aromatic N) is 1. The Morgan fingerprint density at radius 3 is 2.67 bits per heavy atom. The highest BCUT2D eigenvalue weighted by Gasteiger charge is 2.31. The molecule has 0 bridgehead atoms. The first kappa shape index (κ1) is 17.6. The Morgan fingerprint density at radius 1 is 1.38 bits per heavy atom. The lowest BCUT2D eigenvalue weighted by molar-refractivity contribution is -0.274. The van der Waals surface area contributed by atoms with Crippen LogP contribution in [0.15, 0.2) is 24.3 Å². The second kappa shape index (κ2) is 8.14. The number of alkyl halides is 3. The van der Waals surface area contributed by atoms with E-state index in [0.29, 0.717) is 12.3 Å². The van der Waals surface area contributed by atoms with Crippen LogP contribution in [0.25, 0.3) is 0 Å². The molecule has 0 N–H and O–H groups in total. The normalized spacial score (nSPS) is 11.3. The molecule has 0 aliphatic rings. The van der Waals surface area contributed by atoms with Gasteiger partial charge in [-0.1, -0.05) is 6.07 Å². The van der Waals surface area contributed by atoms with Crippen LogP contribution >= 0.6 is 11.8 Å². The van der Waals surface area contributed by atoms with Crippen LogP contribution in [0.5, 0.6) is 5.75 Å². The van der Waals surface area contributed by atoms with Crippen molar-refractivity contribution < 1.29 is 27.4 Å². The first-order chi connectivity index (χ1) is 9.87. The van der Waals surface area contributed by atoms with Gasteiger partial charge < -0.3 is 9.47 Å². The number of hydrogen-bond donors (Lipinski definition) is 0. The number of carbonyl (C=O) groups excluding carboxylic acids is 1. The lowest BCUT2D eigenvalue weighted by atomic mass is 10.3. The Balaban J connectivity index is 2.95. The summed E-state index contributed by atoms with van der Waals surface area (Å²) < 4.78 is 45.7. The third-order valence-electron chi connectivity index (χ3n) is 2.36. The smallest absolute Gasteiger partial charge is 0.406 e. The zero-order valence-corrected chi connectivity index (χ0v) is 12.5. The van der Waals surface area contributed by atoms with Gasteiger partial charge >= 0.3 is 6.36 Å². The second-order valence-corrected chi connectivity index (χ2v) is 4.79. The van der Waals surface area contributed by atoms with Crippen molar-refractivity contribution in [3.63, 3.8) is 0 Å². The van der Waals surface area contributed by atoms with E-state index in [1.54, 1.807) is 13.2 Å². The van der Waals surface area contributed by atoms with Crippen LogP contribution in [0.2, 0.25) is 0 Å². The number of carbonyl (C=O) groups is 1. The quantitative estimate of drug-likeness (QED) is 0.722. The standard InChI is InChI=1S/C13H16F3NO3S/c1-3-19-9-17(12(18)8-21-2)10-5-4-6-11(7-10)20-13(14,15)16/h4-7H,3,8-9H2,1-2H3. The number of amides is 1. The van der Waals surface area contributed by atoms with Gasteiger partial charge in [0.15, 0.2) is 0 Å². The van der Waals surface area contributed by atoms with Crippen LogP contribution in [0, 0.1) is 0 Å². The average molecular weight is 323 g/mol. The van der Waals surface area contributed by atoms with E-state index in [2.05, 4.69) is 4.74 Å². The number of thioether (sulfide) groups is 1. The molecular formula is C13H16F3NO3S. The fraction of sp³-hybridized carbons (Fsp3) is 0.462. The van der Waals surface area contributed by atoms with Gasteiger partial charge in [0.05, 0.1) is 5.75 Å². The van der Waals surface area contributed by atoms with E-state index in [0.717, 1.165) is 6.07 Å². The largest absolute Gasteiger partial charge is 0.573 e. The molecule has 118 valence electrons. The molecule has 0 saturated carbocycles. The molecule has 8 heteroatoms. The van der Waals surface area contributed by atoms with E-state index >= 15 is 0 Å². The average Bonchev–Trinajstić information content (AvgIpc) is 2.38. The summed E-state index contributed by atoms with van der Waals surface area (Å²) in [5.41, 5.74) is 0.296. The summed E-state index contributed by atoms with van der Waals surface area (Å²) in [4.78, 5) is 13.3. The van der Waals surface area contributed by atoms with Gasteiger partial charge in [-0.05, 0) is 25.3 Å². The lowest BCUT2D eigenvalue weighted by Crippen LogP contribution is -2.34. The highest BCUT2D eigenvalue weighted by Crippen LogP contribution is 2.27. The molecule has 0 aromatic heterocycles. The molecule has 1 rings (SSSR count). The van der Waals surface area contributed by atoms with E-state index in [4.69, 9.17) is 4.74 Å². The summed E-state index contributed by atoms with van der Waals surface area (Å²) in [6.45, 7) is 2.13. The Bertz CT molecular complexity index is 468. The SMILES string of the molecule is CCOCN(C(=O)CSC)c1cccc(OC(F)(F)F)c1. The fourth-order valence-electron chi connectivity index (χ4n) is 1.52. The zero-order chi connectivity index (χ0) is 15.9. The zero-order valence-electron chi connectivity index (χ0n) is 11.6. The van der Waals surface area contributed by atoms with Crippen molar-refractivity contribution in [2.24, 2.45) is 0 Å². The first-order valence-electron chi connectivity index (χ1n) is 6.10. The molecule has 0 heterocycles. The molecule has 0 saturated heterocycles. The van der Waals surface area contributed by atoms with Gasteiger partial charge in [0.25, 0.3) is 0 Å². The van der Waals surface area contributed by atoms with Crippen LogP contribution in [-0.4, -0.2) is 37.6 Å². The van der Waals surface area contributed by atoms with Crippen molar-refractivity contribution in [3.05, 3.63) is 24.3 Å². The van der Waals surface area contributed by atoms with Crippen LogP contribution in [0.4, 0.5) is 18.9 Å². The third-order valence-corrected chi connectivity index (χ3v) is 2.89. The molecule has 0 fully saturated rings. The summed E-state index contributed by atoms with van der Waals surface area (Å²) >= 11 is 1.32. The van der Waals surface area contributed by atoms with E-state index in [9.17, 15) is 18.0 Å². The highest BCUT2D eigenvalue weighted by atomic mass is 32.2. The van der Waals surface area contributed by atoms with Gasteiger partial charge in [-0.2, -0.15) is 11.8 Å². The van der Waals surface area contributed by atoms with E-state index in [-0.39, 0.29) is 24.1 Å². The Hall–Kier alpha value is -1.41. The van der Waals surface area contributed by atoms with Gasteiger partial charge in [0, 0.05) is 18.4 Å². The number of halogens is 3. The topological polar surface area (TPSA) is 38.8 Å². The number of benzene rings is 1. The lowest BCUT2D eigenvalue weighted by Gasteiger charge is -2.22. The van der Waals surface area contributed by atoms with Gasteiger partial charge in [0.1, 0.15) is 12.5 Å². The molecule has 1 aromatic carbocycles. The highest BCUT2D eigenvalue weighted by molar-refractivity contribution is 7.99. The minimum atomic E-state index is -4.77. The van der Waals surface area contributed by atoms with Crippen molar-refractivity contribution in [2.45, 2.75) is 13.3 Å². The monoisotopic (exact) mass is 323 g/mol. The summed E-state index contributed by atoms with van der Waals surface area (Å²) in [7, 11) is 0. The van der Waals surface area contributed by atoms with Crippen LogP contribution in [0.3, 0.4) is 0 Å². The number of anilines is 1. The number of rotatable bonds is 7. The number of hydrogen-bond acceptors (Lipinski definition) is 4. The molecule has 0 atom stereocenters. The fourth-order valence-corrected chi connectivity index (χ4v) is 1.93. The molecule has 0 aliphatic carbocycles. The minimum Gasteiger partial charge on any atom is -0.406 e.